The van der Waals surface area contributed by atoms with Crippen LogP contribution in [0.5, 0.6) is 0 Å². The van der Waals surface area contributed by atoms with Crippen molar-refractivity contribution in [3.8, 4) is 0 Å². The maximum absolute atomic E-state index is 14.1. The maximum Gasteiger partial charge on any atom is 0.303 e. The molecule has 9 heteroatoms. The third-order valence-corrected chi connectivity index (χ3v) is 5.27. The van der Waals surface area contributed by atoms with E-state index in [1.165, 1.54) is 13.2 Å². The highest BCUT2D eigenvalue weighted by Crippen LogP contribution is 2.58. The molecule has 7 nitrogen and oxygen atoms in total. The quantitative estimate of drug-likeness (QED) is 0.715. The van der Waals surface area contributed by atoms with E-state index in [4.69, 9.17) is 4.74 Å². The van der Waals surface area contributed by atoms with Crippen molar-refractivity contribution in [3.05, 3.63) is 41.7 Å². The highest BCUT2D eigenvalue weighted by molar-refractivity contribution is 5.89. The van der Waals surface area contributed by atoms with Crippen molar-refractivity contribution in [1.82, 2.24) is 15.0 Å². The molecule has 1 fully saturated rings. The molecule has 0 radical (unpaired) electrons. The van der Waals surface area contributed by atoms with Crippen LogP contribution in [0.1, 0.15) is 50.7 Å². The van der Waals surface area contributed by atoms with Crippen LogP contribution >= 0.6 is 0 Å². The summed E-state index contributed by atoms with van der Waals surface area (Å²) in [5.74, 6) is -3.18. The Balaban J connectivity index is 1.79. The van der Waals surface area contributed by atoms with Gasteiger partial charge in [-0.2, -0.15) is 8.78 Å². The van der Waals surface area contributed by atoms with Gasteiger partial charge in [0.2, 0.25) is 11.7 Å². The summed E-state index contributed by atoms with van der Waals surface area (Å²) >= 11 is 0. The average Bonchev–Trinajstić information content (AvgIpc) is 3.38. The molecular weight excluding hydrogens is 392 g/mol. The summed E-state index contributed by atoms with van der Waals surface area (Å²) in [6.45, 7) is 5.10. The van der Waals surface area contributed by atoms with Crippen molar-refractivity contribution in [1.29, 1.82) is 0 Å². The molecule has 1 saturated carbocycles. The highest BCUT2D eigenvalue weighted by Gasteiger charge is 2.52. The first-order valence-electron chi connectivity index (χ1n) is 9.83. The van der Waals surface area contributed by atoms with E-state index in [9.17, 15) is 13.6 Å². The molecule has 1 spiro atoms. The molecule has 1 amide bonds. The number of carbonyl (C=O) groups is 1. The number of fused-ring (bicyclic) bond motifs is 2. The molecule has 158 valence electrons. The first-order valence-corrected chi connectivity index (χ1v) is 9.83. The van der Waals surface area contributed by atoms with Crippen LogP contribution < -0.4 is 10.2 Å². The number of pyridine rings is 1. The third-order valence-electron chi connectivity index (χ3n) is 5.27. The normalized spacial score (nSPS) is 16.8. The van der Waals surface area contributed by atoms with Crippen molar-refractivity contribution in [2.45, 2.75) is 45.0 Å². The fourth-order valence-corrected chi connectivity index (χ4v) is 3.67. The minimum atomic E-state index is -3.19. The van der Waals surface area contributed by atoms with Crippen LogP contribution in [0.15, 0.2) is 24.6 Å². The molecule has 1 aliphatic carbocycles. The lowest BCUT2D eigenvalue weighted by atomic mass is 10.0. The number of halogens is 2. The van der Waals surface area contributed by atoms with Gasteiger partial charge in [0.15, 0.2) is 0 Å². The number of nitrogens with one attached hydrogen (secondary N) is 1. The number of rotatable bonds is 6. The number of amides is 1. The monoisotopic (exact) mass is 415 g/mol. The van der Waals surface area contributed by atoms with Crippen LogP contribution in [0.2, 0.25) is 0 Å². The Bertz CT molecular complexity index is 1010. The van der Waals surface area contributed by atoms with Crippen molar-refractivity contribution in [2.24, 2.45) is 0 Å². The van der Waals surface area contributed by atoms with Crippen LogP contribution in [-0.2, 0) is 20.9 Å². The zero-order valence-corrected chi connectivity index (χ0v) is 17.1. The Hall–Kier alpha value is -3.10. The molecule has 0 unspecified atom stereocenters. The fourth-order valence-electron chi connectivity index (χ4n) is 3.67. The second-order valence-electron chi connectivity index (χ2n) is 7.76. The van der Waals surface area contributed by atoms with Crippen molar-refractivity contribution < 1.29 is 18.3 Å². The van der Waals surface area contributed by atoms with Gasteiger partial charge in [0.05, 0.1) is 24.3 Å². The number of hydrogen-bond donors (Lipinski definition) is 1. The number of alkyl halides is 2. The molecular formula is C21H23F2N5O2. The minimum absolute atomic E-state index is 0.0434. The Kier molecular flexibility index (Phi) is 4.91. The van der Waals surface area contributed by atoms with Gasteiger partial charge in [0.1, 0.15) is 11.6 Å². The molecule has 30 heavy (non-hydrogen) atoms. The Morgan fingerprint density at radius 2 is 2.13 bits per heavy atom. The number of ether oxygens (including phenoxy) is 1. The van der Waals surface area contributed by atoms with E-state index in [0.717, 1.165) is 31.0 Å². The van der Waals surface area contributed by atoms with Gasteiger partial charge in [-0.15, -0.1) is 0 Å². The summed E-state index contributed by atoms with van der Waals surface area (Å²) in [7, 11) is 0. The zero-order valence-electron chi connectivity index (χ0n) is 17.1. The molecule has 2 aliphatic rings. The Morgan fingerprint density at radius 3 is 2.77 bits per heavy atom. The molecule has 2 aromatic rings. The first kappa shape index (κ1) is 20.2. The Morgan fingerprint density at radius 1 is 1.37 bits per heavy atom. The van der Waals surface area contributed by atoms with E-state index in [1.807, 2.05) is 11.8 Å². The number of nitrogens with zero attached hydrogens (tertiary/aromatic N) is 4. The summed E-state index contributed by atoms with van der Waals surface area (Å²) < 4.78 is 33.4. The molecule has 0 atom stereocenters. The lowest BCUT2D eigenvalue weighted by Crippen LogP contribution is -2.23. The molecule has 0 saturated heterocycles. The number of aromatic nitrogens is 3. The summed E-state index contributed by atoms with van der Waals surface area (Å²) in [6.07, 6.45) is 6.74. The standard InChI is InChI=1S/C21H23F2N5O2/c1-4-30-8-5-14-9-18(27-19(26-14)20(3,22)23)28-12-21(6-7-21)15-11-24-17(10-16(15)28)25-13(2)29/h5,8-11H,4,6-7,12H2,1-3H3,(H,24,25,29)/b8-5-. The zero-order chi connectivity index (χ0) is 21.5. The fraction of sp³-hybridized carbons (Fsp3) is 0.429. The second kappa shape index (κ2) is 7.30. The number of hydrogen-bond acceptors (Lipinski definition) is 6. The predicted octanol–water partition coefficient (Wildman–Crippen LogP) is 4.13. The molecule has 0 bridgehead atoms. The molecule has 3 heterocycles. The lowest BCUT2D eigenvalue weighted by Gasteiger charge is -2.21. The van der Waals surface area contributed by atoms with E-state index >= 15 is 0 Å². The average molecular weight is 415 g/mol. The van der Waals surface area contributed by atoms with E-state index in [-0.39, 0.29) is 11.3 Å². The summed E-state index contributed by atoms with van der Waals surface area (Å²) in [5, 5.41) is 2.68. The maximum atomic E-state index is 14.1. The van der Waals surface area contributed by atoms with Crippen molar-refractivity contribution >= 4 is 29.3 Å². The molecule has 4 rings (SSSR count). The molecule has 2 aromatic heterocycles. The van der Waals surface area contributed by atoms with Gasteiger partial charge >= 0.3 is 5.92 Å². The van der Waals surface area contributed by atoms with Crippen LogP contribution in [0.4, 0.5) is 26.1 Å². The van der Waals surface area contributed by atoms with Crippen LogP contribution in [0, 0.1) is 0 Å². The van der Waals surface area contributed by atoms with Gasteiger partial charge in [0, 0.05) is 49.7 Å². The van der Waals surface area contributed by atoms with E-state index < -0.39 is 11.7 Å². The van der Waals surface area contributed by atoms with E-state index in [0.29, 0.717) is 30.5 Å². The van der Waals surface area contributed by atoms with Crippen LogP contribution in [0.25, 0.3) is 6.08 Å². The topological polar surface area (TPSA) is 80.2 Å². The van der Waals surface area contributed by atoms with Crippen molar-refractivity contribution in [2.75, 3.05) is 23.4 Å². The molecule has 1 N–H and O–H groups in total. The summed E-state index contributed by atoms with van der Waals surface area (Å²) in [4.78, 5) is 25.9. The molecule has 1 aliphatic heterocycles. The SMILES string of the molecule is CCO/C=C\c1cc(N2CC3(CC3)c3cnc(NC(C)=O)cc32)nc(C(C)(F)F)n1. The van der Waals surface area contributed by atoms with Crippen LogP contribution in [-0.4, -0.2) is 34.0 Å². The highest BCUT2D eigenvalue weighted by atomic mass is 19.3. The number of carbonyl (C=O) groups excluding carboxylic acids is 1. The van der Waals surface area contributed by atoms with Gasteiger partial charge in [0.25, 0.3) is 0 Å². The number of anilines is 3. The first-order chi connectivity index (χ1) is 14.2. The minimum Gasteiger partial charge on any atom is -0.501 e. The smallest absolute Gasteiger partial charge is 0.303 e. The predicted molar refractivity (Wildman–Crippen MR) is 109 cm³/mol. The summed E-state index contributed by atoms with van der Waals surface area (Å²) in [6, 6.07) is 3.43. The molecule has 0 aromatic carbocycles. The van der Waals surface area contributed by atoms with E-state index in [1.54, 1.807) is 24.4 Å². The van der Waals surface area contributed by atoms with Gasteiger partial charge in [-0.25, -0.2) is 15.0 Å². The van der Waals surface area contributed by atoms with Crippen LogP contribution in [0.3, 0.4) is 0 Å². The Labute approximate surface area is 173 Å². The van der Waals surface area contributed by atoms with Gasteiger partial charge in [-0.05, 0) is 25.8 Å². The lowest BCUT2D eigenvalue weighted by molar-refractivity contribution is -0.114. The van der Waals surface area contributed by atoms with Crippen molar-refractivity contribution in [3.63, 3.8) is 0 Å². The third kappa shape index (κ3) is 3.83. The summed E-state index contributed by atoms with van der Waals surface area (Å²) in [5.41, 5.74) is 2.15. The van der Waals surface area contributed by atoms with Gasteiger partial charge in [-0.1, -0.05) is 0 Å². The second-order valence-corrected chi connectivity index (χ2v) is 7.76. The van der Waals surface area contributed by atoms with Gasteiger partial charge in [-0.3, -0.25) is 4.79 Å². The van der Waals surface area contributed by atoms with Gasteiger partial charge < -0.3 is 15.0 Å². The van der Waals surface area contributed by atoms with E-state index in [2.05, 4.69) is 20.3 Å². The largest absolute Gasteiger partial charge is 0.501 e.